The van der Waals surface area contributed by atoms with Gasteiger partial charge < -0.3 is 11.1 Å². The zero-order chi connectivity index (χ0) is 14.6. The van der Waals surface area contributed by atoms with E-state index in [1.807, 2.05) is 39.8 Å². The van der Waals surface area contributed by atoms with Crippen LogP contribution in [0.5, 0.6) is 0 Å². The molecular weight excluding hydrogens is 238 g/mol. The first kappa shape index (κ1) is 15.2. The number of hydrogen-bond acceptors (Lipinski definition) is 3. The van der Waals surface area contributed by atoms with Gasteiger partial charge in [-0.3, -0.25) is 4.79 Å². The minimum absolute atomic E-state index is 0.131. The van der Waals surface area contributed by atoms with E-state index in [1.165, 1.54) is 0 Å². The van der Waals surface area contributed by atoms with Gasteiger partial charge >= 0.3 is 0 Å². The van der Waals surface area contributed by atoms with E-state index in [9.17, 15) is 4.79 Å². The lowest BCUT2D eigenvalue weighted by Gasteiger charge is -2.27. The standard InChI is InChI=1S/C15H21N3O/c1-10(12-7-5-11(9-16)6-8-12)18-14(19)13(17)15(2,3)4/h5-8,10,13H,17H2,1-4H3,(H,18,19)/t10?,13-/m1/s1. The Morgan fingerprint density at radius 3 is 2.26 bits per heavy atom. The zero-order valence-electron chi connectivity index (χ0n) is 11.9. The highest BCUT2D eigenvalue weighted by atomic mass is 16.2. The number of nitrogens with two attached hydrogens (primary N) is 1. The second kappa shape index (κ2) is 5.85. The van der Waals surface area contributed by atoms with Crippen LogP contribution in [0.3, 0.4) is 0 Å². The molecule has 4 nitrogen and oxygen atoms in total. The van der Waals surface area contributed by atoms with Gasteiger partial charge in [0.15, 0.2) is 0 Å². The summed E-state index contributed by atoms with van der Waals surface area (Å²) < 4.78 is 0. The third-order valence-corrected chi connectivity index (χ3v) is 3.11. The number of nitriles is 1. The second-order valence-electron chi connectivity index (χ2n) is 5.81. The van der Waals surface area contributed by atoms with Crippen molar-refractivity contribution >= 4 is 5.91 Å². The number of amides is 1. The van der Waals surface area contributed by atoms with Crippen LogP contribution in [0.25, 0.3) is 0 Å². The molecule has 1 aromatic rings. The molecule has 0 aliphatic rings. The number of nitrogens with zero attached hydrogens (tertiary/aromatic N) is 1. The largest absolute Gasteiger partial charge is 0.348 e. The van der Waals surface area contributed by atoms with Gasteiger partial charge in [0.05, 0.1) is 23.7 Å². The second-order valence-corrected chi connectivity index (χ2v) is 5.81. The number of nitrogens with one attached hydrogen (secondary N) is 1. The van der Waals surface area contributed by atoms with E-state index >= 15 is 0 Å². The number of carbonyl (C=O) groups is 1. The molecule has 0 fully saturated rings. The highest BCUT2D eigenvalue weighted by molar-refractivity contribution is 5.82. The molecule has 3 N–H and O–H groups in total. The lowest BCUT2D eigenvalue weighted by Crippen LogP contribution is -2.49. The van der Waals surface area contributed by atoms with E-state index in [1.54, 1.807) is 12.1 Å². The molecule has 1 unspecified atom stereocenters. The van der Waals surface area contributed by atoms with E-state index < -0.39 is 6.04 Å². The molecule has 0 heterocycles. The van der Waals surface area contributed by atoms with Crippen molar-refractivity contribution in [3.8, 4) is 6.07 Å². The fraction of sp³-hybridized carbons (Fsp3) is 0.467. The number of hydrogen-bond donors (Lipinski definition) is 2. The van der Waals surface area contributed by atoms with Crippen LogP contribution in [0.4, 0.5) is 0 Å². The Morgan fingerprint density at radius 2 is 1.84 bits per heavy atom. The van der Waals surface area contributed by atoms with Gasteiger partial charge in [0.2, 0.25) is 5.91 Å². The summed E-state index contributed by atoms with van der Waals surface area (Å²) in [6.45, 7) is 7.70. The van der Waals surface area contributed by atoms with Crippen LogP contribution in [0.2, 0.25) is 0 Å². The Morgan fingerprint density at radius 1 is 1.32 bits per heavy atom. The van der Waals surface area contributed by atoms with Crippen molar-refractivity contribution in [2.24, 2.45) is 11.1 Å². The van der Waals surface area contributed by atoms with Crippen molar-refractivity contribution in [3.05, 3.63) is 35.4 Å². The van der Waals surface area contributed by atoms with Gasteiger partial charge in [0, 0.05) is 0 Å². The molecule has 4 heteroatoms. The lowest BCUT2D eigenvalue weighted by atomic mass is 9.86. The van der Waals surface area contributed by atoms with Crippen molar-refractivity contribution in [3.63, 3.8) is 0 Å². The van der Waals surface area contributed by atoms with Gasteiger partial charge in [-0.25, -0.2) is 0 Å². The first-order valence-corrected chi connectivity index (χ1v) is 6.31. The maximum absolute atomic E-state index is 12.0. The maximum Gasteiger partial charge on any atom is 0.237 e. The average molecular weight is 259 g/mol. The molecule has 0 saturated heterocycles. The predicted octanol–water partition coefficient (Wildman–Crippen LogP) is 2.11. The van der Waals surface area contributed by atoms with Crippen LogP contribution in [-0.4, -0.2) is 11.9 Å². The summed E-state index contributed by atoms with van der Waals surface area (Å²) in [6, 6.07) is 8.54. The summed E-state index contributed by atoms with van der Waals surface area (Å²) >= 11 is 0. The van der Waals surface area contributed by atoms with Gasteiger partial charge in [0.1, 0.15) is 0 Å². The zero-order valence-corrected chi connectivity index (χ0v) is 11.9. The summed E-state index contributed by atoms with van der Waals surface area (Å²) in [5.41, 5.74) is 7.20. The van der Waals surface area contributed by atoms with Crippen molar-refractivity contribution < 1.29 is 4.79 Å². The van der Waals surface area contributed by atoms with E-state index in [-0.39, 0.29) is 17.4 Å². The Balaban J connectivity index is 2.71. The Kier molecular flexibility index (Phi) is 4.68. The first-order chi connectivity index (χ1) is 8.75. The SMILES string of the molecule is CC(NC(=O)[C@@H](N)C(C)(C)C)c1ccc(C#N)cc1. The molecule has 0 saturated carbocycles. The molecule has 0 bridgehead atoms. The molecule has 1 rings (SSSR count). The highest BCUT2D eigenvalue weighted by Gasteiger charge is 2.28. The van der Waals surface area contributed by atoms with E-state index in [0.717, 1.165) is 5.56 Å². The molecule has 0 aliphatic carbocycles. The van der Waals surface area contributed by atoms with Gasteiger partial charge in [-0.2, -0.15) is 5.26 Å². The van der Waals surface area contributed by atoms with Crippen LogP contribution >= 0.6 is 0 Å². The molecule has 19 heavy (non-hydrogen) atoms. The summed E-state index contributed by atoms with van der Waals surface area (Å²) in [6.07, 6.45) is 0. The fourth-order valence-electron chi connectivity index (χ4n) is 1.63. The normalized spacial score (nSPS) is 14.3. The first-order valence-electron chi connectivity index (χ1n) is 6.31. The molecule has 102 valence electrons. The molecular formula is C15H21N3O. The van der Waals surface area contributed by atoms with E-state index in [4.69, 9.17) is 11.0 Å². The summed E-state index contributed by atoms with van der Waals surface area (Å²) in [5, 5.41) is 11.6. The third-order valence-electron chi connectivity index (χ3n) is 3.11. The Bertz CT molecular complexity index is 480. The van der Waals surface area contributed by atoms with Crippen LogP contribution in [0.15, 0.2) is 24.3 Å². The van der Waals surface area contributed by atoms with Crippen molar-refractivity contribution in [1.82, 2.24) is 5.32 Å². The van der Waals surface area contributed by atoms with Crippen LogP contribution < -0.4 is 11.1 Å². The molecule has 1 amide bonds. The topological polar surface area (TPSA) is 78.9 Å². The molecule has 0 aliphatic heterocycles. The van der Waals surface area contributed by atoms with Crippen molar-refractivity contribution in [1.29, 1.82) is 5.26 Å². The third kappa shape index (κ3) is 4.08. The van der Waals surface area contributed by atoms with Crippen molar-refractivity contribution in [2.45, 2.75) is 39.8 Å². The predicted molar refractivity (Wildman–Crippen MR) is 75.1 cm³/mol. The minimum Gasteiger partial charge on any atom is -0.348 e. The Labute approximate surface area is 114 Å². The fourth-order valence-corrected chi connectivity index (χ4v) is 1.63. The number of rotatable bonds is 3. The van der Waals surface area contributed by atoms with E-state index in [2.05, 4.69) is 11.4 Å². The number of carbonyl (C=O) groups excluding carboxylic acids is 1. The smallest absolute Gasteiger partial charge is 0.237 e. The summed E-state index contributed by atoms with van der Waals surface area (Å²) in [5.74, 6) is -0.163. The summed E-state index contributed by atoms with van der Waals surface area (Å²) in [7, 11) is 0. The quantitative estimate of drug-likeness (QED) is 0.872. The molecule has 0 aromatic heterocycles. The average Bonchev–Trinajstić information content (AvgIpc) is 2.36. The van der Waals surface area contributed by atoms with Crippen molar-refractivity contribution in [2.75, 3.05) is 0 Å². The minimum atomic E-state index is -0.548. The molecule has 2 atom stereocenters. The van der Waals surface area contributed by atoms with Crippen LogP contribution in [0.1, 0.15) is 44.9 Å². The van der Waals surface area contributed by atoms with Crippen LogP contribution in [0, 0.1) is 16.7 Å². The summed E-state index contributed by atoms with van der Waals surface area (Å²) in [4.78, 5) is 12.0. The molecule has 1 aromatic carbocycles. The maximum atomic E-state index is 12.0. The highest BCUT2D eigenvalue weighted by Crippen LogP contribution is 2.19. The van der Waals surface area contributed by atoms with Gasteiger partial charge in [-0.15, -0.1) is 0 Å². The molecule has 0 spiro atoms. The monoisotopic (exact) mass is 259 g/mol. The van der Waals surface area contributed by atoms with Gasteiger partial charge in [0.25, 0.3) is 0 Å². The van der Waals surface area contributed by atoms with Gasteiger partial charge in [-0.1, -0.05) is 32.9 Å². The van der Waals surface area contributed by atoms with Crippen LogP contribution in [-0.2, 0) is 4.79 Å². The van der Waals surface area contributed by atoms with E-state index in [0.29, 0.717) is 5.56 Å². The Hall–Kier alpha value is -1.86. The van der Waals surface area contributed by atoms with Gasteiger partial charge in [-0.05, 0) is 30.0 Å². The molecule has 0 radical (unpaired) electrons. The number of benzene rings is 1. The lowest BCUT2D eigenvalue weighted by molar-refractivity contribution is -0.125.